The molecule has 1 heterocycles. The fraction of sp³-hybridized carbons (Fsp3) is 0.182. The topological polar surface area (TPSA) is 32.9 Å². The van der Waals surface area contributed by atoms with Crippen molar-refractivity contribution in [1.29, 1.82) is 0 Å². The van der Waals surface area contributed by atoms with Crippen LogP contribution >= 0.6 is 0 Å². The summed E-state index contributed by atoms with van der Waals surface area (Å²) in [5, 5.41) is 1.81. The van der Waals surface area contributed by atoms with Gasteiger partial charge in [-0.15, -0.1) is 0 Å². The third-order valence-electron chi connectivity index (χ3n) is 2.24. The second kappa shape index (κ2) is 2.73. The number of hydrogen-bond acceptors (Lipinski definition) is 1. The molecule has 0 saturated heterocycles. The van der Waals surface area contributed by atoms with Crippen LogP contribution in [0.3, 0.4) is 0 Å². The van der Waals surface area contributed by atoms with Crippen molar-refractivity contribution >= 4 is 10.8 Å². The second-order valence-corrected chi connectivity index (χ2v) is 3.32. The van der Waals surface area contributed by atoms with Crippen molar-refractivity contribution in [3.63, 3.8) is 0 Å². The second-order valence-electron chi connectivity index (χ2n) is 3.32. The monoisotopic (exact) mass is 173 g/mol. The van der Waals surface area contributed by atoms with Crippen molar-refractivity contribution in [2.24, 2.45) is 0 Å². The molecule has 2 aromatic rings. The number of aryl methyl sites for hydroxylation is 2. The fourth-order valence-corrected chi connectivity index (χ4v) is 1.57. The van der Waals surface area contributed by atoms with Crippen LogP contribution in [0.25, 0.3) is 10.8 Å². The normalized spacial score (nSPS) is 10.6. The lowest BCUT2D eigenvalue weighted by molar-refractivity contribution is 1.17. The molecule has 0 aliphatic carbocycles. The van der Waals surface area contributed by atoms with E-state index in [0.29, 0.717) is 0 Å². The number of H-pyrrole nitrogens is 1. The van der Waals surface area contributed by atoms with Crippen molar-refractivity contribution in [1.82, 2.24) is 4.98 Å². The molecule has 0 unspecified atom stereocenters. The van der Waals surface area contributed by atoms with Gasteiger partial charge in [-0.25, -0.2) is 0 Å². The summed E-state index contributed by atoms with van der Waals surface area (Å²) in [5.41, 5.74) is 2.05. The first kappa shape index (κ1) is 8.05. The molecule has 0 aliphatic heterocycles. The standard InChI is InChI=1S/C11H11NO/c1-7-4-3-5-9-10(7)6-8(2)12-11(9)13/h3-6H,1-2H3,(H,12,13). The number of hydrogen-bond donors (Lipinski definition) is 1. The molecule has 0 atom stereocenters. The maximum atomic E-state index is 11.5. The maximum Gasteiger partial charge on any atom is 0.256 e. The minimum atomic E-state index is -0.00120. The molecule has 1 N–H and O–H groups in total. The van der Waals surface area contributed by atoms with Gasteiger partial charge in [0.1, 0.15) is 0 Å². The molecule has 0 amide bonds. The SMILES string of the molecule is Cc1cc2c(C)cccc2c(=O)[nH]1. The third-order valence-corrected chi connectivity index (χ3v) is 2.24. The quantitative estimate of drug-likeness (QED) is 0.650. The van der Waals surface area contributed by atoms with Crippen molar-refractivity contribution < 1.29 is 0 Å². The van der Waals surface area contributed by atoms with Crippen LogP contribution in [0.1, 0.15) is 11.3 Å². The van der Waals surface area contributed by atoms with Crippen LogP contribution in [-0.4, -0.2) is 4.98 Å². The van der Waals surface area contributed by atoms with Gasteiger partial charge in [0.2, 0.25) is 0 Å². The van der Waals surface area contributed by atoms with Gasteiger partial charge in [-0.1, -0.05) is 12.1 Å². The van der Waals surface area contributed by atoms with Crippen LogP contribution in [0, 0.1) is 13.8 Å². The number of pyridine rings is 1. The number of fused-ring (bicyclic) bond motifs is 1. The zero-order valence-electron chi connectivity index (χ0n) is 7.72. The van der Waals surface area contributed by atoms with Crippen molar-refractivity contribution in [3.8, 4) is 0 Å². The summed E-state index contributed by atoms with van der Waals surface area (Å²) < 4.78 is 0. The van der Waals surface area contributed by atoms with Crippen LogP contribution in [0.4, 0.5) is 0 Å². The molecule has 66 valence electrons. The fourth-order valence-electron chi connectivity index (χ4n) is 1.57. The highest BCUT2D eigenvalue weighted by Crippen LogP contribution is 2.14. The Morgan fingerprint density at radius 1 is 1.15 bits per heavy atom. The Kier molecular flexibility index (Phi) is 1.69. The summed E-state index contributed by atoms with van der Waals surface area (Å²) in [7, 11) is 0. The summed E-state index contributed by atoms with van der Waals surface area (Å²) in [5.74, 6) is 0. The number of aromatic amines is 1. The first-order valence-electron chi connectivity index (χ1n) is 4.28. The van der Waals surface area contributed by atoms with Crippen LogP contribution in [-0.2, 0) is 0 Å². The Labute approximate surface area is 76.2 Å². The number of benzene rings is 1. The van der Waals surface area contributed by atoms with Crippen LogP contribution in [0.5, 0.6) is 0 Å². The summed E-state index contributed by atoms with van der Waals surface area (Å²) in [6.45, 7) is 3.91. The molecule has 2 rings (SSSR count). The molecule has 1 aromatic carbocycles. The Hall–Kier alpha value is -1.57. The Bertz CT molecular complexity index is 511. The van der Waals surface area contributed by atoms with E-state index in [4.69, 9.17) is 0 Å². The van der Waals surface area contributed by atoms with Gasteiger partial charge in [-0.2, -0.15) is 0 Å². The largest absolute Gasteiger partial charge is 0.326 e. The van der Waals surface area contributed by atoms with E-state index in [1.807, 2.05) is 38.1 Å². The molecule has 13 heavy (non-hydrogen) atoms. The lowest BCUT2D eigenvalue weighted by Crippen LogP contribution is -2.07. The van der Waals surface area contributed by atoms with Crippen LogP contribution in [0.2, 0.25) is 0 Å². The zero-order valence-corrected chi connectivity index (χ0v) is 7.72. The van der Waals surface area contributed by atoms with E-state index in [-0.39, 0.29) is 5.56 Å². The molecule has 0 fully saturated rings. The minimum Gasteiger partial charge on any atom is -0.326 e. The predicted octanol–water partition coefficient (Wildman–Crippen LogP) is 2.14. The smallest absolute Gasteiger partial charge is 0.256 e. The summed E-state index contributed by atoms with van der Waals surface area (Å²) in [6, 6.07) is 7.77. The molecule has 0 spiro atoms. The van der Waals surface area contributed by atoms with Crippen molar-refractivity contribution in [3.05, 3.63) is 45.9 Å². The predicted molar refractivity (Wildman–Crippen MR) is 54.0 cm³/mol. The summed E-state index contributed by atoms with van der Waals surface area (Å²) in [4.78, 5) is 14.3. The molecular formula is C11H11NO. The average molecular weight is 173 g/mol. The molecule has 0 aliphatic rings. The zero-order chi connectivity index (χ0) is 9.42. The Morgan fingerprint density at radius 2 is 1.92 bits per heavy atom. The van der Waals surface area contributed by atoms with Gasteiger partial charge in [0.15, 0.2) is 0 Å². The molecular weight excluding hydrogens is 162 g/mol. The third kappa shape index (κ3) is 1.24. The van der Waals surface area contributed by atoms with E-state index in [1.54, 1.807) is 0 Å². The van der Waals surface area contributed by atoms with E-state index in [9.17, 15) is 4.79 Å². The van der Waals surface area contributed by atoms with Gasteiger partial charge in [0, 0.05) is 11.1 Å². The van der Waals surface area contributed by atoms with Crippen molar-refractivity contribution in [2.45, 2.75) is 13.8 Å². The lowest BCUT2D eigenvalue weighted by atomic mass is 10.1. The molecule has 0 bridgehead atoms. The summed E-state index contributed by atoms with van der Waals surface area (Å²) in [6.07, 6.45) is 0. The lowest BCUT2D eigenvalue weighted by Gasteiger charge is -2.01. The maximum absolute atomic E-state index is 11.5. The van der Waals surface area contributed by atoms with Crippen LogP contribution in [0.15, 0.2) is 29.1 Å². The van der Waals surface area contributed by atoms with Gasteiger partial charge in [-0.05, 0) is 36.9 Å². The van der Waals surface area contributed by atoms with Gasteiger partial charge in [-0.3, -0.25) is 4.79 Å². The van der Waals surface area contributed by atoms with Gasteiger partial charge >= 0.3 is 0 Å². The van der Waals surface area contributed by atoms with Gasteiger partial charge in [0.25, 0.3) is 5.56 Å². The highest BCUT2D eigenvalue weighted by molar-refractivity contribution is 5.84. The van der Waals surface area contributed by atoms with Crippen molar-refractivity contribution in [2.75, 3.05) is 0 Å². The highest BCUT2D eigenvalue weighted by atomic mass is 16.1. The number of nitrogens with one attached hydrogen (secondary N) is 1. The number of aromatic nitrogens is 1. The first-order valence-corrected chi connectivity index (χ1v) is 4.28. The summed E-state index contributed by atoms with van der Waals surface area (Å²) >= 11 is 0. The Morgan fingerprint density at radius 3 is 2.69 bits per heavy atom. The molecule has 2 heteroatoms. The highest BCUT2D eigenvalue weighted by Gasteiger charge is 2.00. The van der Waals surface area contributed by atoms with E-state index in [2.05, 4.69) is 4.98 Å². The minimum absolute atomic E-state index is 0.00120. The van der Waals surface area contributed by atoms with E-state index in [1.165, 1.54) is 0 Å². The molecule has 0 saturated carbocycles. The molecule has 2 nitrogen and oxygen atoms in total. The van der Waals surface area contributed by atoms with Gasteiger partial charge in [0.05, 0.1) is 0 Å². The Balaban J connectivity index is 3.03. The number of rotatable bonds is 0. The van der Waals surface area contributed by atoms with E-state index in [0.717, 1.165) is 22.0 Å². The average Bonchev–Trinajstić information content (AvgIpc) is 2.07. The van der Waals surface area contributed by atoms with Gasteiger partial charge < -0.3 is 4.98 Å². The van der Waals surface area contributed by atoms with Crippen LogP contribution < -0.4 is 5.56 Å². The van der Waals surface area contributed by atoms with E-state index < -0.39 is 0 Å². The first-order chi connectivity index (χ1) is 6.18. The molecule has 0 radical (unpaired) electrons. The molecule has 1 aromatic heterocycles. The van der Waals surface area contributed by atoms with E-state index >= 15 is 0 Å².